The number of aliphatic hydroxyl groups is 1. The minimum absolute atomic E-state index is 0.0547. The topological polar surface area (TPSA) is 77.8 Å². The molecular weight excluding hydrogens is 289 g/mol. The third-order valence-electron chi connectivity index (χ3n) is 2.54. The molecule has 0 aliphatic rings. The van der Waals surface area contributed by atoms with Crippen molar-refractivity contribution in [2.24, 2.45) is 0 Å². The lowest BCUT2D eigenvalue weighted by Crippen LogP contribution is -2.38. The van der Waals surface area contributed by atoms with Crippen LogP contribution in [0.15, 0.2) is 18.2 Å². The number of hydrogen-bond acceptors (Lipinski definition) is 3. The highest BCUT2D eigenvalue weighted by atomic mass is 35.5. The first-order valence-corrected chi connectivity index (χ1v) is 6.34. The number of aliphatic hydroxyl groups excluding tert-OH is 1. The van der Waals surface area contributed by atoms with Crippen molar-refractivity contribution in [1.29, 1.82) is 0 Å². The van der Waals surface area contributed by atoms with Gasteiger partial charge in [-0.2, -0.15) is 0 Å². The van der Waals surface area contributed by atoms with E-state index in [1.807, 2.05) is 0 Å². The SMILES string of the molecule is CC(O)CN(CCC(=O)O)C(=O)c1c(F)cccc1Cl. The molecule has 0 saturated carbocycles. The predicted octanol–water partition coefficient (Wildman–Crippen LogP) is 1.78. The Morgan fingerprint density at radius 3 is 2.60 bits per heavy atom. The van der Waals surface area contributed by atoms with Crippen LogP contribution in [-0.2, 0) is 4.79 Å². The van der Waals surface area contributed by atoms with E-state index in [4.69, 9.17) is 16.7 Å². The average molecular weight is 304 g/mol. The molecule has 7 heteroatoms. The van der Waals surface area contributed by atoms with Crippen LogP contribution in [-0.4, -0.2) is 46.2 Å². The van der Waals surface area contributed by atoms with Gasteiger partial charge in [0.15, 0.2) is 0 Å². The highest BCUT2D eigenvalue weighted by molar-refractivity contribution is 6.33. The molecule has 0 heterocycles. The molecule has 1 atom stereocenters. The highest BCUT2D eigenvalue weighted by Crippen LogP contribution is 2.21. The zero-order valence-corrected chi connectivity index (χ0v) is 11.6. The molecule has 0 aromatic heterocycles. The van der Waals surface area contributed by atoms with Gasteiger partial charge in [0.25, 0.3) is 5.91 Å². The fourth-order valence-electron chi connectivity index (χ4n) is 1.69. The van der Waals surface area contributed by atoms with E-state index in [9.17, 15) is 19.1 Å². The average Bonchev–Trinajstić information content (AvgIpc) is 2.33. The third kappa shape index (κ3) is 4.47. The fraction of sp³-hybridized carbons (Fsp3) is 0.385. The zero-order chi connectivity index (χ0) is 15.3. The van der Waals surface area contributed by atoms with E-state index in [-0.39, 0.29) is 30.1 Å². The van der Waals surface area contributed by atoms with Gasteiger partial charge in [0, 0.05) is 13.1 Å². The quantitative estimate of drug-likeness (QED) is 0.839. The highest BCUT2D eigenvalue weighted by Gasteiger charge is 2.23. The lowest BCUT2D eigenvalue weighted by atomic mass is 10.1. The maximum Gasteiger partial charge on any atom is 0.305 e. The number of aliphatic carboxylic acids is 1. The van der Waals surface area contributed by atoms with Crippen LogP contribution >= 0.6 is 11.6 Å². The molecule has 0 aliphatic carbocycles. The number of carboxylic acid groups (broad SMARTS) is 1. The van der Waals surface area contributed by atoms with Gasteiger partial charge in [-0.05, 0) is 19.1 Å². The number of nitrogens with zero attached hydrogens (tertiary/aromatic N) is 1. The lowest BCUT2D eigenvalue weighted by Gasteiger charge is -2.24. The molecule has 1 rings (SSSR count). The smallest absolute Gasteiger partial charge is 0.305 e. The van der Waals surface area contributed by atoms with Crippen molar-refractivity contribution in [3.8, 4) is 0 Å². The number of hydrogen-bond donors (Lipinski definition) is 2. The van der Waals surface area contributed by atoms with Gasteiger partial charge in [0.2, 0.25) is 0 Å². The van der Waals surface area contributed by atoms with Gasteiger partial charge in [-0.3, -0.25) is 9.59 Å². The summed E-state index contributed by atoms with van der Waals surface area (Å²) < 4.78 is 13.7. The monoisotopic (exact) mass is 303 g/mol. The Labute approximate surface area is 120 Å². The summed E-state index contributed by atoms with van der Waals surface area (Å²) in [5.41, 5.74) is -0.319. The van der Waals surface area contributed by atoms with Gasteiger partial charge in [-0.1, -0.05) is 17.7 Å². The van der Waals surface area contributed by atoms with Crippen molar-refractivity contribution in [3.63, 3.8) is 0 Å². The van der Waals surface area contributed by atoms with Crippen molar-refractivity contribution in [1.82, 2.24) is 4.90 Å². The Balaban J connectivity index is 3.00. The van der Waals surface area contributed by atoms with Gasteiger partial charge in [0.05, 0.1) is 23.1 Å². The fourth-order valence-corrected chi connectivity index (χ4v) is 1.93. The van der Waals surface area contributed by atoms with E-state index in [2.05, 4.69) is 0 Å². The normalized spacial score (nSPS) is 12.0. The number of halogens is 2. The van der Waals surface area contributed by atoms with Gasteiger partial charge in [-0.25, -0.2) is 4.39 Å². The van der Waals surface area contributed by atoms with Crippen LogP contribution in [0.2, 0.25) is 5.02 Å². The molecule has 1 aromatic rings. The molecule has 0 radical (unpaired) electrons. The molecule has 1 unspecified atom stereocenters. The van der Waals surface area contributed by atoms with Crippen LogP contribution < -0.4 is 0 Å². The molecule has 0 fully saturated rings. The van der Waals surface area contributed by atoms with Crippen molar-refractivity contribution in [2.75, 3.05) is 13.1 Å². The minimum atomic E-state index is -1.09. The molecule has 0 aliphatic heterocycles. The van der Waals surface area contributed by atoms with Gasteiger partial charge >= 0.3 is 5.97 Å². The van der Waals surface area contributed by atoms with Gasteiger partial charge < -0.3 is 15.1 Å². The number of rotatable bonds is 6. The van der Waals surface area contributed by atoms with E-state index in [1.54, 1.807) is 0 Å². The number of amides is 1. The lowest BCUT2D eigenvalue weighted by molar-refractivity contribution is -0.137. The molecule has 5 nitrogen and oxygen atoms in total. The van der Waals surface area contributed by atoms with Crippen molar-refractivity contribution in [3.05, 3.63) is 34.6 Å². The van der Waals surface area contributed by atoms with Crippen LogP contribution in [0.3, 0.4) is 0 Å². The van der Waals surface area contributed by atoms with E-state index in [0.29, 0.717) is 0 Å². The molecular formula is C13H15ClFNO4. The van der Waals surface area contributed by atoms with Crippen LogP contribution in [0.1, 0.15) is 23.7 Å². The Hall–Kier alpha value is -1.66. The number of carbonyl (C=O) groups is 2. The maximum absolute atomic E-state index is 13.7. The standard InChI is InChI=1S/C13H15ClFNO4/c1-8(17)7-16(6-5-11(18)19)13(20)12-9(14)3-2-4-10(12)15/h2-4,8,17H,5-7H2,1H3,(H,18,19). The van der Waals surface area contributed by atoms with Gasteiger partial charge in [0.1, 0.15) is 5.82 Å². The maximum atomic E-state index is 13.7. The first-order chi connectivity index (χ1) is 9.32. The number of carboxylic acids is 1. The van der Waals surface area contributed by atoms with Crippen LogP contribution in [0.25, 0.3) is 0 Å². The first-order valence-electron chi connectivity index (χ1n) is 5.96. The van der Waals surface area contributed by atoms with Crippen LogP contribution in [0.5, 0.6) is 0 Å². The molecule has 110 valence electrons. The van der Waals surface area contributed by atoms with E-state index in [1.165, 1.54) is 19.1 Å². The third-order valence-corrected chi connectivity index (χ3v) is 2.86. The van der Waals surface area contributed by atoms with E-state index in [0.717, 1.165) is 11.0 Å². The second kappa shape index (κ2) is 7.21. The second-order valence-electron chi connectivity index (χ2n) is 4.34. The summed E-state index contributed by atoms with van der Waals surface area (Å²) >= 11 is 5.80. The largest absolute Gasteiger partial charge is 0.481 e. The number of benzene rings is 1. The summed E-state index contributed by atoms with van der Waals surface area (Å²) in [4.78, 5) is 23.9. The molecule has 0 spiro atoms. The predicted molar refractivity (Wildman–Crippen MR) is 71.2 cm³/mol. The Bertz CT molecular complexity index is 487. The van der Waals surface area contributed by atoms with Crippen molar-refractivity contribution < 1.29 is 24.2 Å². The van der Waals surface area contributed by atoms with Crippen molar-refractivity contribution >= 4 is 23.5 Å². The molecule has 0 saturated heterocycles. The first kappa shape index (κ1) is 16.4. The molecule has 0 bridgehead atoms. The van der Waals surface area contributed by atoms with E-state index >= 15 is 0 Å². The molecule has 20 heavy (non-hydrogen) atoms. The zero-order valence-electron chi connectivity index (χ0n) is 10.8. The van der Waals surface area contributed by atoms with Crippen LogP contribution in [0.4, 0.5) is 4.39 Å². The van der Waals surface area contributed by atoms with Crippen molar-refractivity contribution in [2.45, 2.75) is 19.4 Å². The second-order valence-corrected chi connectivity index (χ2v) is 4.75. The number of carbonyl (C=O) groups excluding carboxylic acids is 1. The molecule has 1 aromatic carbocycles. The summed E-state index contributed by atoms with van der Waals surface area (Å²) in [6.07, 6.45) is -1.16. The summed E-state index contributed by atoms with van der Waals surface area (Å²) in [7, 11) is 0. The summed E-state index contributed by atoms with van der Waals surface area (Å²) in [5.74, 6) is -2.61. The Kier molecular flexibility index (Phi) is 5.91. The Morgan fingerprint density at radius 2 is 2.10 bits per heavy atom. The van der Waals surface area contributed by atoms with Crippen LogP contribution in [0, 0.1) is 5.82 Å². The van der Waals surface area contributed by atoms with E-state index < -0.39 is 23.8 Å². The summed E-state index contributed by atoms with van der Waals surface area (Å²) in [5, 5.41) is 18.0. The summed E-state index contributed by atoms with van der Waals surface area (Å²) in [6.45, 7) is 1.21. The Morgan fingerprint density at radius 1 is 1.45 bits per heavy atom. The summed E-state index contributed by atoms with van der Waals surface area (Å²) in [6, 6.07) is 3.83. The van der Waals surface area contributed by atoms with Gasteiger partial charge in [-0.15, -0.1) is 0 Å². The minimum Gasteiger partial charge on any atom is -0.481 e. The molecule has 2 N–H and O–H groups in total. The molecule has 1 amide bonds.